The summed E-state index contributed by atoms with van der Waals surface area (Å²) < 4.78 is 6.15. The zero-order chi connectivity index (χ0) is 16.9. The van der Waals surface area contributed by atoms with Gasteiger partial charge in [-0.15, -0.1) is 0 Å². The Bertz CT molecular complexity index is 692. The third-order valence-corrected chi connectivity index (χ3v) is 4.99. The zero-order valence-electron chi connectivity index (χ0n) is 14.9. The van der Waals surface area contributed by atoms with Crippen molar-refractivity contribution in [1.29, 1.82) is 0 Å². The van der Waals surface area contributed by atoms with Gasteiger partial charge in [0.05, 0.1) is 12.3 Å². The molecule has 0 amide bonds. The number of benzene rings is 2. The summed E-state index contributed by atoms with van der Waals surface area (Å²) in [5, 5.41) is 0. The lowest BCUT2D eigenvalue weighted by atomic mass is 10.0. The first-order valence-corrected chi connectivity index (χ1v) is 8.85. The van der Waals surface area contributed by atoms with Crippen LogP contribution < -0.4 is 0 Å². The molecule has 1 saturated heterocycles. The average Bonchev–Trinajstić information content (AvgIpc) is 2.98. The van der Waals surface area contributed by atoms with Gasteiger partial charge in [-0.2, -0.15) is 0 Å². The van der Waals surface area contributed by atoms with Gasteiger partial charge in [0.15, 0.2) is 0 Å². The van der Waals surface area contributed by atoms with Gasteiger partial charge >= 0.3 is 0 Å². The van der Waals surface area contributed by atoms with Gasteiger partial charge in [-0.05, 0) is 55.1 Å². The van der Waals surface area contributed by atoms with Gasteiger partial charge in [0.1, 0.15) is 6.10 Å². The van der Waals surface area contributed by atoms with Crippen LogP contribution in [0.5, 0.6) is 0 Å². The summed E-state index contributed by atoms with van der Waals surface area (Å²) in [7, 11) is 2.18. The van der Waals surface area contributed by atoms with Gasteiger partial charge in [0, 0.05) is 6.54 Å². The highest BCUT2D eigenvalue weighted by Crippen LogP contribution is 2.33. The Kier molecular flexibility index (Phi) is 5.37. The number of likely N-dealkylation sites (tertiary alicyclic amines) is 1. The van der Waals surface area contributed by atoms with Gasteiger partial charge in [0.25, 0.3) is 0 Å². The number of hydrogen-bond acceptors (Lipinski definition) is 2. The highest BCUT2D eigenvalue weighted by atomic mass is 16.5. The van der Waals surface area contributed by atoms with Crippen LogP contribution in [0.15, 0.2) is 54.8 Å². The Labute approximate surface area is 145 Å². The number of nitrogens with zero attached hydrogens (tertiary/aromatic N) is 1. The van der Waals surface area contributed by atoms with Crippen molar-refractivity contribution in [2.24, 2.45) is 0 Å². The predicted molar refractivity (Wildman–Crippen MR) is 101 cm³/mol. The molecule has 0 saturated carbocycles. The van der Waals surface area contributed by atoms with Crippen molar-refractivity contribution in [1.82, 2.24) is 4.90 Å². The van der Waals surface area contributed by atoms with E-state index in [0.717, 1.165) is 19.4 Å². The van der Waals surface area contributed by atoms with Crippen molar-refractivity contribution >= 4 is 6.08 Å². The van der Waals surface area contributed by atoms with E-state index in [-0.39, 0.29) is 6.10 Å². The summed E-state index contributed by atoms with van der Waals surface area (Å²) in [4.78, 5) is 2.39. The Morgan fingerprint density at radius 2 is 1.96 bits per heavy atom. The summed E-state index contributed by atoms with van der Waals surface area (Å²) in [5.74, 6) is 0. The van der Waals surface area contributed by atoms with Gasteiger partial charge in [-0.25, -0.2) is 0 Å². The molecule has 1 heterocycles. The molecule has 2 atom stereocenters. The van der Waals surface area contributed by atoms with E-state index in [4.69, 9.17) is 4.74 Å². The normalized spacial score (nSPS) is 21.5. The third-order valence-electron chi connectivity index (χ3n) is 4.99. The number of aryl methyl sites for hydroxylation is 2. The maximum absolute atomic E-state index is 6.15. The molecule has 0 spiro atoms. The molecular formula is C22H27NO. The summed E-state index contributed by atoms with van der Waals surface area (Å²) in [6.45, 7) is 5.41. The molecule has 3 rings (SSSR count). The Morgan fingerprint density at radius 3 is 2.71 bits per heavy atom. The maximum atomic E-state index is 6.15. The van der Waals surface area contributed by atoms with E-state index in [1.807, 2.05) is 6.26 Å². The SMILES string of the molecule is CCc1ccc(C)c(C=COC2CCN(C)[C@H]2c2ccccc2)c1. The lowest BCUT2D eigenvalue weighted by molar-refractivity contribution is 0.107. The summed E-state index contributed by atoms with van der Waals surface area (Å²) in [5.41, 5.74) is 5.23. The van der Waals surface area contributed by atoms with Crippen LogP contribution in [-0.2, 0) is 11.2 Å². The fourth-order valence-corrected chi connectivity index (χ4v) is 3.48. The minimum absolute atomic E-state index is 0.211. The molecule has 1 unspecified atom stereocenters. The molecule has 0 aromatic heterocycles. The van der Waals surface area contributed by atoms with Crippen LogP contribution in [0, 0.1) is 6.92 Å². The minimum atomic E-state index is 0.211. The second-order valence-electron chi connectivity index (χ2n) is 6.65. The van der Waals surface area contributed by atoms with Crippen LogP contribution in [0.4, 0.5) is 0 Å². The van der Waals surface area contributed by atoms with Crippen molar-refractivity contribution in [3.05, 3.63) is 77.0 Å². The quantitative estimate of drug-likeness (QED) is 0.719. The van der Waals surface area contributed by atoms with E-state index in [0.29, 0.717) is 6.04 Å². The van der Waals surface area contributed by atoms with Crippen LogP contribution in [-0.4, -0.2) is 24.6 Å². The molecule has 2 aromatic rings. The fraction of sp³-hybridized carbons (Fsp3) is 0.364. The molecule has 2 heteroatoms. The summed E-state index contributed by atoms with van der Waals surface area (Å²) in [6, 6.07) is 17.6. The van der Waals surface area contributed by atoms with Gasteiger partial charge in [-0.1, -0.05) is 55.5 Å². The second kappa shape index (κ2) is 7.67. The lowest BCUT2D eigenvalue weighted by Crippen LogP contribution is -2.24. The molecule has 0 aliphatic carbocycles. The smallest absolute Gasteiger partial charge is 0.119 e. The van der Waals surface area contributed by atoms with E-state index in [1.165, 1.54) is 22.3 Å². The highest BCUT2D eigenvalue weighted by molar-refractivity contribution is 5.54. The molecule has 1 aliphatic heterocycles. The molecule has 0 N–H and O–H groups in total. The molecule has 1 fully saturated rings. The van der Waals surface area contributed by atoms with E-state index >= 15 is 0 Å². The van der Waals surface area contributed by atoms with Crippen LogP contribution in [0.1, 0.15) is 41.6 Å². The van der Waals surface area contributed by atoms with Crippen molar-refractivity contribution in [3.63, 3.8) is 0 Å². The number of rotatable bonds is 5. The summed E-state index contributed by atoms with van der Waals surface area (Å²) in [6.07, 6.45) is 6.33. The van der Waals surface area contributed by atoms with Crippen molar-refractivity contribution < 1.29 is 4.74 Å². The van der Waals surface area contributed by atoms with Gasteiger partial charge < -0.3 is 4.74 Å². The summed E-state index contributed by atoms with van der Waals surface area (Å²) >= 11 is 0. The van der Waals surface area contributed by atoms with Crippen molar-refractivity contribution in [2.75, 3.05) is 13.6 Å². The first-order chi connectivity index (χ1) is 11.7. The van der Waals surface area contributed by atoms with Crippen molar-refractivity contribution in [3.8, 4) is 0 Å². The first kappa shape index (κ1) is 16.8. The average molecular weight is 321 g/mol. The molecule has 2 nitrogen and oxygen atoms in total. The lowest BCUT2D eigenvalue weighted by Gasteiger charge is -2.24. The van der Waals surface area contributed by atoms with Crippen LogP contribution in [0.2, 0.25) is 0 Å². The van der Waals surface area contributed by atoms with E-state index in [1.54, 1.807) is 0 Å². The molecule has 126 valence electrons. The number of hydrogen-bond donors (Lipinski definition) is 0. The topological polar surface area (TPSA) is 12.5 Å². The zero-order valence-corrected chi connectivity index (χ0v) is 14.9. The Hall–Kier alpha value is -2.06. The molecule has 24 heavy (non-hydrogen) atoms. The predicted octanol–water partition coefficient (Wildman–Crippen LogP) is 4.99. The van der Waals surface area contributed by atoms with Crippen LogP contribution >= 0.6 is 0 Å². The number of ether oxygens (including phenoxy) is 1. The number of likely N-dealkylation sites (N-methyl/N-ethyl adjacent to an activating group) is 1. The minimum Gasteiger partial charge on any atom is -0.496 e. The van der Waals surface area contributed by atoms with E-state index in [9.17, 15) is 0 Å². The van der Waals surface area contributed by atoms with Gasteiger partial charge in [-0.3, -0.25) is 4.90 Å². The highest BCUT2D eigenvalue weighted by Gasteiger charge is 2.33. The maximum Gasteiger partial charge on any atom is 0.119 e. The monoisotopic (exact) mass is 321 g/mol. The second-order valence-corrected chi connectivity index (χ2v) is 6.65. The molecule has 1 aliphatic rings. The largest absolute Gasteiger partial charge is 0.496 e. The standard InChI is InChI=1S/C22H27NO/c1-4-18-11-10-17(2)20(16-18)13-15-24-21-12-14-23(3)22(21)19-8-6-5-7-9-19/h5-11,13,15-16,21-22H,4,12,14H2,1-3H3/t21?,22-/m0/s1. The van der Waals surface area contributed by atoms with E-state index in [2.05, 4.69) is 80.4 Å². The van der Waals surface area contributed by atoms with Gasteiger partial charge in [0.2, 0.25) is 0 Å². The van der Waals surface area contributed by atoms with E-state index < -0.39 is 0 Å². The molecule has 2 aromatic carbocycles. The Morgan fingerprint density at radius 1 is 1.17 bits per heavy atom. The molecule has 0 radical (unpaired) electrons. The molecular weight excluding hydrogens is 294 g/mol. The van der Waals surface area contributed by atoms with Crippen LogP contribution in [0.3, 0.4) is 0 Å². The van der Waals surface area contributed by atoms with Crippen molar-refractivity contribution in [2.45, 2.75) is 38.8 Å². The first-order valence-electron chi connectivity index (χ1n) is 8.85. The fourth-order valence-electron chi connectivity index (χ4n) is 3.48. The molecule has 0 bridgehead atoms. The third kappa shape index (κ3) is 3.70. The van der Waals surface area contributed by atoms with Crippen LogP contribution in [0.25, 0.3) is 6.08 Å². The Balaban J connectivity index is 1.71.